The van der Waals surface area contributed by atoms with Gasteiger partial charge in [0.05, 0.1) is 5.56 Å². The molecule has 0 atom stereocenters. The van der Waals surface area contributed by atoms with Crippen molar-refractivity contribution in [3.63, 3.8) is 0 Å². The summed E-state index contributed by atoms with van der Waals surface area (Å²) in [6, 6.07) is 3.42. The van der Waals surface area contributed by atoms with E-state index in [-0.39, 0.29) is 5.91 Å². The first-order chi connectivity index (χ1) is 8.74. The molecule has 0 bridgehead atoms. The molecule has 0 spiro atoms. The highest BCUT2D eigenvalue weighted by molar-refractivity contribution is 7.15. The van der Waals surface area contributed by atoms with Crippen LogP contribution in [0.25, 0.3) is 0 Å². The topological polar surface area (TPSA) is 79.8 Å². The van der Waals surface area contributed by atoms with Crippen LogP contribution < -0.4 is 10.6 Å². The van der Waals surface area contributed by atoms with Crippen molar-refractivity contribution in [2.24, 2.45) is 0 Å². The Morgan fingerprint density at radius 3 is 2.94 bits per heavy atom. The molecule has 2 rings (SSSR count). The van der Waals surface area contributed by atoms with Gasteiger partial charge in [0.15, 0.2) is 0 Å². The highest BCUT2D eigenvalue weighted by Crippen LogP contribution is 2.18. The second-order valence-electron chi connectivity index (χ2n) is 3.46. The summed E-state index contributed by atoms with van der Waals surface area (Å²) < 4.78 is 0. The van der Waals surface area contributed by atoms with E-state index < -0.39 is 0 Å². The molecule has 0 aliphatic rings. The number of hydrogen-bond donors (Lipinski definition) is 2. The van der Waals surface area contributed by atoms with Gasteiger partial charge in [-0.25, -0.2) is 4.98 Å². The Morgan fingerprint density at radius 2 is 2.28 bits per heavy atom. The van der Waals surface area contributed by atoms with Gasteiger partial charge in [0, 0.05) is 13.2 Å². The molecule has 7 heteroatoms. The van der Waals surface area contributed by atoms with Crippen molar-refractivity contribution in [1.82, 2.24) is 15.2 Å². The minimum Gasteiger partial charge on any atom is -0.372 e. The third-order valence-electron chi connectivity index (χ3n) is 2.28. The van der Waals surface area contributed by atoms with Gasteiger partial charge in [-0.3, -0.25) is 10.1 Å². The Bertz CT molecular complexity index is 554. The van der Waals surface area contributed by atoms with Crippen LogP contribution in [-0.2, 0) is 6.42 Å². The van der Waals surface area contributed by atoms with Crippen molar-refractivity contribution in [2.45, 2.75) is 13.3 Å². The molecule has 0 fully saturated rings. The Balaban J connectivity index is 2.16. The highest BCUT2D eigenvalue weighted by atomic mass is 32.1. The molecule has 2 aromatic rings. The summed E-state index contributed by atoms with van der Waals surface area (Å²) in [5, 5.41) is 14.8. The number of carbonyl (C=O) groups is 1. The zero-order valence-corrected chi connectivity index (χ0v) is 10.9. The average molecular weight is 263 g/mol. The number of nitrogens with zero attached hydrogens (tertiary/aromatic N) is 3. The van der Waals surface area contributed by atoms with E-state index in [0.29, 0.717) is 16.5 Å². The fraction of sp³-hybridized carbons (Fsp3) is 0.273. The molecule has 6 nitrogen and oxygen atoms in total. The fourth-order valence-electron chi connectivity index (χ4n) is 1.40. The monoisotopic (exact) mass is 263 g/mol. The zero-order chi connectivity index (χ0) is 13.0. The summed E-state index contributed by atoms with van der Waals surface area (Å²) in [6.45, 7) is 1.99. The summed E-state index contributed by atoms with van der Waals surface area (Å²) in [4.78, 5) is 16.1. The number of hydrogen-bond acceptors (Lipinski definition) is 6. The van der Waals surface area contributed by atoms with Crippen molar-refractivity contribution in [1.29, 1.82) is 0 Å². The normalized spacial score (nSPS) is 10.1. The molecule has 1 amide bonds. The quantitative estimate of drug-likeness (QED) is 0.879. The van der Waals surface area contributed by atoms with E-state index in [9.17, 15) is 4.79 Å². The first kappa shape index (κ1) is 12.4. The standard InChI is InChI=1S/C11H13N5OS/c1-3-8-15-16-11(18-8)14-10(17)7-5-4-6-13-9(7)12-2/h4-6H,3H2,1-2H3,(H,12,13)(H,14,16,17). The maximum atomic E-state index is 12.0. The molecule has 2 heterocycles. The largest absolute Gasteiger partial charge is 0.372 e. The van der Waals surface area contributed by atoms with E-state index in [0.717, 1.165) is 11.4 Å². The molecule has 0 saturated heterocycles. The van der Waals surface area contributed by atoms with Crippen LogP contribution in [0.2, 0.25) is 0 Å². The van der Waals surface area contributed by atoms with Crippen molar-refractivity contribution in [2.75, 3.05) is 17.7 Å². The second-order valence-corrected chi connectivity index (χ2v) is 4.52. The minimum atomic E-state index is -0.244. The molecule has 18 heavy (non-hydrogen) atoms. The van der Waals surface area contributed by atoms with E-state index >= 15 is 0 Å². The summed E-state index contributed by atoms with van der Waals surface area (Å²) in [5.41, 5.74) is 0.480. The van der Waals surface area contributed by atoms with Gasteiger partial charge < -0.3 is 5.32 Å². The molecule has 94 valence electrons. The predicted molar refractivity (Wildman–Crippen MR) is 71.0 cm³/mol. The summed E-state index contributed by atoms with van der Waals surface area (Å²) >= 11 is 1.37. The third-order valence-corrected chi connectivity index (χ3v) is 3.26. The Hall–Kier alpha value is -2.02. The first-order valence-electron chi connectivity index (χ1n) is 5.51. The maximum absolute atomic E-state index is 12.0. The lowest BCUT2D eigenvalue weighted by Gasteiger charge is -2.06. The van der Waals surface area contributed by atoms with Gasteiger partial charge in [-0.2, -0.15) is 0 Å². The molecular weight excluding hydrogens is 250 g/mol. The van der Waals surface area contributed by atoms with Crippen molar-refractivity contribution in [3.05, 3.63) is 28.9 Å². The van der Waals surface area contributed by atoms with Crippen LogP contribution >= 0.6 is 11.3 Å². The van der Waals surface area contributed by atoms with Crippen molar-refractivity contribution in [3.8, 4) is 0 Å². The highest BCUT2D eigenvalue weighted by Gasteiger charge is 2.13. The Labute approximate surface area is 108 Å². The van der Waals surface area contributed by atoms with Crippen LogP contribution in [0, 0.1) is 0 Å². The van der Waals surface area contributed by atoms with Gasteiger partial charge in [-0.1, -0.05) is 18.3 Å². The molecule has 0 unspecified atom stereocenters. The lowest BCUT2D eigenvalue weighted by Crippen LogP contribution is -2.14. The fourth-order valence-corrected chi connectivity index (χ4v) is 2.07. The lowest BCUT2D eigenvalue weighted by atomic mass is 10.2. The molecular formula is C11H13N5OS. The van der Waals surface area contributed by atoms with Gasteiger partial charge in [0.1, 0.15) is 10.8 Å². The number of anilines is 2. The number of aryl methyl sites for hydroxylation is 1. The number of pyridine rings is 1. The third kappa shape index (κ3) is 2.62. The maximum Gasteiger partial charge on any atom is 0.261 e. The molecule has 0 radical (unpaired) electrons. The molecule has 0 aromatic carbocycles. The van der Waals surface area contributed by atoms with Gasteiger partial charge in [-0.15, -0.1) is 10.2 Å². The van der Waals surface area contributed by atoms with Crippen LogP contribution in [0.4, 0.5) is 10.9 Å². The lowest BCUT2D eigenvalue weighted by molar-refractivity contribution is 0.102. The summed E-state index contributed by atoms with van der Waals surface area (Å²) in [7, 11) is 1.72. The SMILES string of the molecule is CCc1nnc(NC(=O)c2cccnc2NC)s1. The smallest absolute Gasteiger partial charge is 0.261 e. The van der Waals surface area contributed by atoms with Crippen LogP contribution in [0.5, 0.6) is 0 Å². The van der Waals surface area contributed by atoms with Crippen molar-refractivity contribution >= 4 is 28.2 Å². The predicted octanol–water partition coefficient (Wildman–Crippen LogP) is 1.79. The zero-order valence-electron chi connectivity index (χ0n) is 10.1. The van der Waals surface area contributed by atoms with Gasteiger partial charge in [0.2, 0.25) is 5.13 Å². The molecule has 2 N–H and O–H groups in total. The van der Waals surface area contributed by atoms with Gasteiger partial charge >= 0.3 is 0 Å². The van der Waals surface area contributed by atoms with Crippen LogP contribution in [0.3, 0.4) is 0 Å². The van der Waals surface area contributed by atoms with Crippen molar-refractivity contribution < 1.29 is 4.79 Å². The average Bonchev–Trinajstić information content (AvgIpc) is 2.86. The minimum absolute atomic E-state index is 0.244. The summed E-state index contributed by atoms with van der Waals surface area (Å²) in [5.74, 6) is 0.293. The van der Waals surface area contributed by atoms with E-state index in [2.05, 4.69) is 25.8 Å². The number of nitrogens with one attached hydrogen (secondary N) is 2. The van der Waals surface area contributed by atoms with E-state index in [1.54, 1.807) is 25.4 Å². The van der Waals surface area contributed by atoms with E-state index in [1.807, 2.05) is 6.92 Å². The van der Waals surface area contributed by atoms with E-state index in [4.69, 9.17) is 0 Å². The molecule has 0 aliphatic carbocycles. The number of rotatable bonds is 4. The number of amides is 1. The van der Waals surface area contributed by atoms with Gasteiger partial charge in [-0.05, 0) is 18.6 Å². The van der Waals surface area contributed by atoms with E-state index in [1.165, 1.54) is 11.3 Å². The van der Waals surface area contributed by atoms with Crippen LogP contribution in [-0.4, -0.2) is 28.1 Å². The number of carbonyl (C=O) groups excluding carboxylic acids is 1. The molecule has 0 saturated carbocycles. The first-order valence-corrected chi connectivity index (χ1v) is 6.32. The molecule has 2 aromatic heterocycles. The Morgan fingerprint density at radius 1 is 1.44 bits per heavy atom. The molecule has 0 aliphatic heterocycles. The Kier molecular flexibility index (Phi) is 3.83. The van der Waals surface area contributed by atoms with Gasteiger partial charge in [0.25, 0.3) is 5.91 Å². The number of aromatic nitrogens is 3. The summed E-state index contributed by atoms with van der Waals surface area (Å²) in [6.07, 6.45) is 2.44. The van der Waals surface area contributed by atoms with Crippen LogP contribution in [0.15, 0.2) is 18.3 Å². The van der Waals surface area contributed by atoms with Crippen LogP contribution in [0.1, 0.15) is 22.3 Å². The second kappa shape index (κ2) is 5.54.